The van der Waals surface area contributed by atoms with E-state index in [0.29, 0.717) is 0 Å². The number of fused-ring (bicyclic) bond motifs is 1. The van der Waals surface area contributed by atoms with Gasteiger partial charge in [-0.25, -0.2) is 4.98 Å². The van der Waals surface area contributed by atoms with Crippen LogP contribution in [0, 0.1) is 6.92 Å². The SMILES string of the molecule is Cc1cn2c(n1)CCC(NC(=O)CC(C)(O)c1ccccc1)C2. The third kappa shape index (κ3) is 3.62. The van der Waals surface area contributed by atoms with Gasteiger partial charge in [-0.1, -0.05) is 30.3 Å². The zero-order chi connectivity index (χ0) is 16.4. The van der Waals surface area contributed by atoms with Gasteiger partial charge in [-0.05, 0) is 25.8 Å². The van der Waals surface area contributed by atoms with Gasteiger partial charge in [-0.2, -0.15) is 0 Å². The molecule has 1 aromatic carbocycles. The Kier molecular flexibility index (Phi) is 4.22. The van der Waals surface area contributed by atoms with Crippen LogP contribution in [0.1, 0.15) is 36.8 Å². The fourth-order valence-corrected chi connectivity index (χ4v) is 3.19. The van der Waals surface area contributed by atoms with Crippen LogP contribution in [-0.2, 0) is 23.4 Å². The molecule has 1 aliphatic rings. The van der Waals surface area contributed by atoms with Gasteiger partial charge in [0.15, 0.2) is 0 Å². The van der Waals surface area contributed by atoms with E-state index >= 15 is 0 Å². The Labute approximate surface area is 136 Å². The van der Waals surface area contributed by atoms with Crippen LogP contribution >= 0.6 is 0 Å². The van der Waals surface area contributed by atoms with Crippen LogP contribution in [-0.4, -0.2) is 26.6 Å². The topological polar surface area (TPSA) is 67.2 Å². The van der Waals surface area contributed by atoms with Crippen LogP contribution in [0.3, 0.4) is 0 Å². The van der Waals surface area contributed by atoms with Crippen molar-refractivity contribution >= 4 is 5.91 Å². The smallest absolute Gasteiger partial charge is 0.223 e. The van der Waals surface area contributed by atoms with Crippen LogP contribution in [0.15, 0.2) is 36.5 Å². The number of hydrogen-bond acceptors (Lipinski definition) is 3. The normalized spacial score (nSPS) is 19.7. The molecule has 1 aromatic heterocycles. The van der Waals surface area contributed by atoms with Crippen LogP contribution in [0.25, 0.3) is 0 Å². The summed E-state index contributed by atoms with van der Waals surface area (Å²) in [6, 6.07) is 9.40. The molecule has 0 saturated carbocycles. The molecule has 2 aromatic rings. The quantitative estimate of drug-likeness (QED) is 0.906. The number of nitrogens with zero attached hydrogens (tertiary/aromatic N) is 2. The van der Waals surface area contributed by atoms with Crippen molar-refractivity contribution in [3.05, 3.63) is 53.6 Å². The maximum absolute atomic E-state index is 12.3. The van der Waals surface area contributed by atoms with E-state index in [1.54, 1.807) is 6.92 Å². The summed E-state index contributed by atoms with van der Waals surface area (Å²) in [7, 11) is 0. The largest absolute Gasteiger partial charge is 0.385 e. The number of aliphatic hydroxyl groups is 1. The second kappa shape index (κ2) is 6.16. The summed E-state index contributed by atoms with van der Waals surface area (Å²) in [4.78, 5) is 16.8. The molecular weight excluding hydrogens is 290 g/mol. The number of aromatic nitrogens is 2. The molecule has 2 atom stereocenters. The molecular formula is C18H23N3O2. The first-order valence-corrected chi connectivity index (χ1v) is 8.04. The Morgan fingerprint density at radius 1 is 1.43 bits per heavy atom. The number of carbonyl (C=O) groups is 1. The molecule has 5 nitrogen and oxygen atoms in total. The van der Waals surface area contributed by atoms with Gasteiger partial charge in [0.1, 0.15) is 5.82 Å². The van der Waals surface area contributed by atoms with E-state index in [9.17, 15) is 9.90 Å². The second-order valence-corrected chi connectivity index (χ2v) is 6.57. The van der Waals surface area contributed by atoms with Crippen molar-refractivity contribution in [3.8, 4) is 0 Å². The summed E-state index contributed by atoms with van der Waals surface area (Å²) in [5, 5.41) is 13.6. The number of aryl methyl sites for hydroxylation is 2. The molecule has 0 bridgehead atoms. The van der Waals surface area contributed by atoms with E-state index in [-0.39, 0.29) is 18.4 Å². The van der Waals surface area contributed by atoms with Crippen LogP contribution < -0.4 is 5.32 Å². The highest BCUT2D eigenvalue weighted by Crippen LogP contribution is 2.24. The fraction of sp³-hybridized carbons (Fsp3) is 0.444. The molecule has 2 N–H and O–H groups in total. The van der Waals surface area contributed by atoms with E-state index in [1.165, 1.54) is 0 Å². The molecule has 0 fully saturated rings. The van der Waals surface area contributed by atoms with E-state index in [1.807, 2.05) is 43.5 Å². The van der Waals surface area contributed by atoms with Crippen molar-refractivity contribution in [3.63, 3.8) is 0 Å². The fourth-order valence-electron chi connectivity index (χ4n) is 3.19. The zero-order valence-electron chi connectivity index (χ0n) is 13.6. The number of rotatable bonds is 4. The first-order valence-electron chi connectivity index (χ1n) is 8.04. The number of hydrogen-bond donors (Lipinski definition) is 2. The number of carbonyl (C=O) groups excluding carboxylic acids is 1. The first-order chi connectivity index (χ1) is 10.9. The maximum Gasteiger partial charge on any atom is 0.223 e. The van der Waals surface area contributed by atoms with E-state index in [2.05, 4.69) is 14.9 Å². The Morgan fingerprint density at radius 3 is 2.91 bits per heavy atom. The van der Waals surface area contributed by atoms with Gasteiger partial charge in [0, 0.05) is 25.2 Å². The standard InChI is InChI=1S/C18H23N3O2/c1-13-11-21-12-15(8-9-16(21)19-13)20-17(22)10-18(2,23)14-6-4-3-5-7-14/h3-7,11,15,23H,8-10,12H2,1-2H3,(H,20,22). The lowest BCUT2D eigenvalue weighted by Gasteiger charge is -2.27. The predicted octanol–water partition coefficient (Wildman–Crippen LogP) is 1.92. The third-order valence-electron chi connectivity index (χ3n) is 4.38. The zero-order valence-corrected chi connectivity index (χ0v) is 13.6. The van der Waals surface area contributed by atoms with Gasteiger partial charge in [-0.15, -0.1) is 0 Å². The monoisotopic (exact) mass is 313 g/mol. The Bertz CT molecular complexity index is 692. The Hall–Kier alpha value is -2.14. The Balaban J connectivity index is 1.60. The van der Waals surface area contributed by atoms with Crippen LogP contribution in [0.5, 0.6) is 0 Å². The molecule has 5 heteroatoms. The summed E-state index contributed by atoms with van der Waals surface area (Å²) in [6.07, 6.45) is 3.83. The minimum atomic E-state index is -1.16. The molecule has 23 heavy (non-hydrogen) atoms. The molecule has 3 rings (SSSR count). The highest BCUT2D eigenvalue weighted by molar-refractivity contribution is 5.77. The van der Waals surface area contributed by atoms with Crippen molar-refractivity contribution in [2.45, 2.75) is 51.3 Å². The highest BCUT2D eigenvalue weighted by Gasteiger charge is 2.28. The molecule has 0 saturated heterocycles. The minimum absolute atomic E-state index is 0.0589. The Morgan fingerprint density at radius 2 is 2.17 bits per heavy atom. The molecule has 0 spiro atoms. The second-order valence-electron chi connectivity index (χ2n) is 6.57. The number of benzene rings is 1. The third-order valence-corrected chi connectivity index (χ3v) is 4.38. The van der Waals surface area contributed by atoms with Gasteiger partial charge < -0.3 is 15.0 Å². The van der Waals surface area contributed by atoms with Crippen molar-refractivity contribution in [1.29, 1.82) is 0 Å². The lowest BCUT2D eigenvalue weighted by Crippen LogP contribution is -2.43. The average molecular weight is 313 g/mol. The highest BCUT2D eigenvalue weighted by atomic mass is 16.3. The lowest BCUT2D eigenvalue weighted by molar-refractivity contribution is -0.126. The molecule has 0 aliphatic carbocycles. The maximum atomic E-state index is 12.3. The van der Waals surface area contributed by atoms with E-state index < -0.39 is 5.60 Å². The van der Waals surface area contributed by atoms with E-state index in [0.717, 1.165) is 36.5 Å². The first kappa shape index (κ1) is 15.7. The minimum Gasteiger partial charge on any atom is -0.385 e. The molecule has 1 aliphatic heterocycles. The summed E-state index contributed by atoms with van der Waals surface area (Å²) in [5.74, 6) is 0.966. The van der Waals surface area contributed by atoms with Crippen molar-refractivity contribution in [1.82, 2.24) is 14.9 Å². The lowest BCUT2D eigenvalue weighted by atomic mass is 9.92. The molecule has 122 valence electrons. The number of nitrogens with one attached hydrogen (secondary N) is 1. The van der Waals surface area contributed by atoms with Gasteiger partial charge in [-0.3, -0.25) is 4.79 Å². The predicted molar refractivity (Wildman–Crippen MR) is 87.8 cm³/mol. The van der Waals surface area contributed by atoms with Crippen molar-refractivity contribution in [2.75, 3.05) is 0 Å². The van der Waals surface area contributed by atoms with E-state index in [4.69, 9.17) is 0 Å². The average Bonchev–Trinajstić information content (AvgIpc) is 2.87. The van der Waals surface area contributed by atoms with Gasteiger partial charge >= 0.3 is 0 Å². The van der Waals surface area contributed by atoms with Gasteiger partial charge in [0.2, 0.25) is 5.91 Å². The van der Waals surface area contributed by atoms with Gasteiger partial charge in [0.05, 0.1) is 17.7 Å². The number of imidazole rings is 1. The van der Waals surface area contributed by atoms with Crippen molar-refractivity contribution in [2.24, 2.45) is 0 Å². The molecule has 2 heterocycles. The van der Waals surface area contributed by atoms with Crippen molar-refractivity contribution < 1.29 is 9.90 Å². The summed E-state index contributed by atoms with van der Waals surface area (Å²) in [6.45, 7) is 4.41. The van der Waals surface area contributed by atoms with Crippen LogP contribution in [0.2, 0.25) is 0 Å². The summed E-state index contributed by atoms with van der Waals surface area (Å²) in [5.41, 5.74) is 0.613. The summed E-state index contributed by atoms with van der Waals surface area (Å²) >= 11 is 0. The molecule has 2 unspecified atom stereocenters. The van der Waals surface area contributed by atoms with Gasteiger partial charge in [0.25, 0.3) is 0 Å². The number of amides is 1. The molecule has 0 radical (unpaired) electrons. The summed E-state index contributed by atoms with van der Waals surface area (Å²) < 4.78 is 2.11. The molecule has 1 amide bonds. The van der Waals surface area contributed by atoms with Crippen LogP contribution in [0.4, 0.5) is 0 Å².